The zero-order valence-corrected chi connectivity index (χ0v) is 8.20. The second kappa shape index (κ2) is 5.70. The van der Waals surface area contributed by atoms with Crippen LogP contribution in [0.25, 0.3) is 0 Å². The molecule has 0 N–H and O–H groups in total. The molecule has 0 bridgehead atoms. The van der Waals surface area contributed by atoms with Gasteiger partial charge in [-0.3, -0.25) is 0 Å². The van der Waals surface area contributed by atoms with Crippen LogP contribution in [0.1, 0.15) is 45.4 Å². The average Bonchev–Trinajstić information content (AvgIpc) is 2.07. The maximum atomic E-state index is 2.29. The summed E-state index contributed by atoms with van der Waals surface area (Å²) in [5.74, 6) is 0. The van der Waals surface area contributed by atoms with E-state index in [4.69, 9.17) is 0 Å². The number of hydrogen-bond donors (Lipinski definition) is 0. The van der Waals surface area contributed by atoms with Gasteiger partial charge in [0.15, 0.2) is 0 Å². The molecule has 0 atom stereocenters. The van der Waals surface area contributed by atoms with Gasteiger partial charge in [0.05, 0.1) is 0 Å². The first kappa shape index (κ1) is 9.18. The fraction of sp³-hybridized carbons (Fsp3) is 0.800. The van der Waals surface area contributed by atoms with Crippen molar-refractivity contribution in [3.8, 4) is 0 Å². The molecule has 0 aromatic heterocycles. The van der Waals surface area contributed by atoms with Crippen LogP contribution in [0.4, 0.5) is 0 Å². The molecule has 1 aliphatic rings. The van der Waals surface area contributed by atoms with E-state index in [0.29, 0.717) is 0 Å². The predicted molar refractivity (Wildman–Crippen MR) is 53.9 cm³/mol. The van der Waals surface area contributed by atoms with E-state index in [1.165, 1.54) is 38.5 Å². The van der Waals surface area contributed by atoms with Crippen molar-refractivity contribution in [2.24, 2.45) is 0 Å². The first-order valence-corrected chi connectivity index (χ1v) is 5.68. The molecule has 64 valence electrons. The van der Waals surface area contributed by atoms with Crippen LogP contribution in [-0.4, -0.2) is 5.25 Å². The molecule has 0 radical (unpaired) electrons. The third-order valence-electron chi connectivity index (χ3n) is 2.16. The standard InChI is InChI=1S/C10H18S/c1-2-3-9-11-10-7-5-4-6-8-10/h3,9-10H,2,4-8H2,1H3/b9-3+. The minimum Gasteiger partial charge on any atom is -0.131 e. The fourth-order valence-corrected chi connectivity index (χ4v) is 2.60. The Kier molecular flexibility index (Phi) is 4.76. The van der Waals surface area contributed by atoms with Gasteiger partial charge < -0.3 is 0 Å². The molecule has 0 aromatic rings. The van der Waals surface area contributed by atoms with Crippen molar-refractivity contribution in [1.29, 1.82) is 0 Å². The Morgan fingerprint density at radius 3 is 2.64 bits per heavy atom. The van der Waals surface area contributed by atoms with Crippen molar-refractivity contribution in [2.45, 2.75) is 50.7 Å². The lowest BCUT2D eigenvalue weighted by molar-refractivity contribution is 0.517. The van der Waals surface area contributed by atoms with E-state index in [9.17, 15) is 0 Å². The van der Waals surface area contributed by atoms with Gasteiger partial charge in [-0.05, 0) is 24.7 Å². The summed E-state index contributed by atoms with van der Waals surface area (Å²) in [5, 5.41) is 3.22. The summed E-state index contributed by atoms with van der Waals surface area (Å²) in [6.07, 6.45) is 10.7. The van der Waals surface area contributed by atoms with Crippen LogP contribution >= 0.6 is 11.8 Å². The quantitative estimate of drug-likeness (QED) is 0.617. The van der Waals surface area contributed by atoms with Crippen LogP contribution in [0.2, 0.25) is 0 Å². The number of hydrogen-bond acceptors (Lipinski definition) is 1. The molecule has 0 aliphatic heterocycles. The molecule has 1 heteroatoms. The van der Waals surface area contributed by atoms with Gasteiger partial charge in [-0.1, -0.05) is 32.3 Å². The van der Waals surface area contributed by atoms with Gasteiger partial charge in [-0.2, -0.15) is 0 Å². The van der Waals surface area contributed by atoms with Gasteiger partial charge in [-0.15, -0.1) is 11.8 Å². The van der Waals surface area contributed by atoms with E-state index in [0.717, 1.165) is 5.25 Å². The molecule has 1 rings (SSSR count). The Morgan fingerprint density at radius 1 is 1.27 bits per heavy atom. The molecule has 0 amide bonds. The third-order valence-corrected chi connectivity index (χ3v) is 3.36. The maximum Gasteiger partial charge on any atom is 0.00883 e. The van der Waals surface area contributed by atoms with Gasteiger partial charge in [0.2, 0.25) is 0 Å². The van der Waals surface area contributed by atoms with Crippen molar-refractivity contribution in [3.63, 3.8) is 0 Å². The van der Waals surface area contributed by atoms with Crippen molar-refractivity contribution >= 4 is 11.8 Å². The number of allylic oxidation sites excluding steroid dienone is 1. The van der Waals surface area contributed by atoms with E-state index in [1.807, 2.05) is 11.8 Å². The molecule has 1 fully saturated rings. The molecule has 1 saturated carbocycles. The van der Waals surface area contributed by atoms with Gasteiger partial charge in [0.25, 0.3) is 0 Å². The maximum absolute atomic E-state index is 2.29. The van der Waals surface area contributed by atoms with Gasteiger partial charge >= 0.3 is 0 Å². The SMILES string of the molecule is CC/C=C/SC1CCCCC1. The van der Waals surface area contributed by atoms with Crippen molar-refractivity contribution in [3.05, 3.63) is 11.5 Å². The summed E-state index contributed by atoms with van der Waals surface area (Å²) >= 11 is 2.04. The third kappa shape index (κ3) is 3.85. The molecular formula is C10H18S. The lowest BCUT2D eigenvalue weighted by atomic mass is 10.0. The molecule has 11 heavy (non-hydrogen) atoms. The molecular weight excluding hydrogens is 152 g/mol. The van der Waals surface area contributed by atoms with Crippen LogP contribution in [0, 0.1) is 0 Å². The van der Waals surface area contributed by atoms with Crippen molar-refractivity contribution in [2.75, 3.05) is 0 Å². The average molecular weight is 170 g/mol. The molecule has 1 aliphatic carbocycles. The minimum absolute atomic E-state index is 0.937. The summed E-state index contributed by atoms with van der Waals surface area (Å²) in [6.45, 7) is 2.19. The highest BCUT2D eigenvalue weighted by atomic mass is 32.2. The fourth-order valence-electron chi connectivity index (χ4n) is 1.46. The lowest BCUT2D eigenvalue weighted by Crippen LogP contribution is -2.06. The Balaban J connectivity index is 2.09. The van der Waals surface area contributed by atoms with Crippen LogP contribution < -0.4 is 0 Å². The van der Waals surface area contributed by atoms with Crippen LogP contribution in [0.15, 0.2) is 11.5 Å². The smallest absolute Gasteiger partial charge is 0.00883 e. The van der Waals surface area contributed by atoms with Gasteiger partial charge in [0, 0.05) is 5.25 Å². The number of thioether (sulfide) groups is 1. The summed E-state index contributed by atoms with van der Waals surface area (Å²) in [4.78, 5) is 0. The lowest BCUT2D eigenvalue weighted by Gasteiger charge is -2.18. The first-order valence-electron chi connectivity index (χ1n) is 4.74. The summed E-state index contributed by atoms with van der Waals surface area (Å²) in [7, 11) is 0. The Morgan fingerprint density at radius 2 is 2.00 bits per heavy atom. The highest BCUT2D eigenvalue weighted by molar-refractivity contribution is 8.02. The van der Waals surface area contributed by atoms with E-state index in [2.05, 4.69) is 18.4 Å². The van der Waals surface area contributed by atoms with Crippen LogP contribution in [0.3, 0.4) is 0 Å². The van der Waals surface area contributed by atoms with Crippen molar-refractivity contribution in [1.82, 2.24) is 0 Å². The Bertz CT molecular complexity index is 112. The van der Waals surface area contributed by atoms with Crippen LogP contribution in [-0.2, 0) is 0 Å². The topological polar surface area (TPSA) is 0 Å². The second-order valence-corrected chi connectivity index (χ2v) is 4.39. The van der Waals surface area contributed by atoms with Crippen LogP contribution in [0.5, 0.6) is 0 Å². The zero-order valence-electron chi connectivity index (χ0n) is 7.38. The zero-order chi connectivity index (χ0) is 7.94. The van der Waals surface area contributed by atoms with E-state index in [-0.39, 0.29) is 0 Å². The molecule has 0 unspecified atom stereocenters. The highest BCUT2D eigenvalue weighted by Gasteiger charge is 2.11. The minimum atomic E-state index is 0.937. The van der Waals surface area contributed by atoms with E-state index < -0.39 is 0 Å². The molecule has 0 heterocycles. The molecule has 0 aromatic carbocycles. The molecule has 0 saturated heterocycles. The summed E-state index contributed by atoms with van der Waals surface area (Å²) in [5.41, 5.74) is 0. The second-order valence-electron chi connectivity index (χ2n) is 3.18. The van der Waals surface area contributed by atoms with E-state index >= 15 is 0 Å². The monoisotopic (exact) mass is 170 g/mol. The Hall–Kier alpha value is 0.0900. The summed E-state index contributed by atoms with van der Waals surface area (Å²) < 4.78 is 0. The molecule has 0 nitrogen and oxygen atoms in total. The highest BCUT2D eigenvalue weighted by Crippen LogP contribution is 2.28. The summed E-state index contributed by atoms with van der Waals surface area (Å²) in [6, 6.07) is 0. The number of rotatable bonds is 3. The molecule has 0 spiro atoms. The van der Waals surface area contributed by atoms with E-state index in [1.54, 1.807) is 0 Å². The van der Waals surface area contributed by atoms with Gasteiger partial charge in [0.1, 0.15) is 0 Å². The Labute approximate surface area is 74.5 Å². The largest absolute Gasteiger partial charge is 0.131 e. The normalized spacial score (nSPS) is 21.2. The first-order chi connectivity index (χ1) is 5.43. The predicted octanol–water partition coefficient (Wildman–Crippen LogP) is 3.98. The van der Waals surface area contributed by atoms with Crippen molar-refractivity contribution < 1.29 is 0 Å². The van der Waals surface area contributed by atoms with Gasteiger partial charge in [-0.25, -0.2) is 0 Å².